The minimum Gasteiger partial charge on any atom is -0.495 e. The molecule has 0 unspecified atom stereocenters. The number of carbonyl (C=O) groups is 1. The molecule has 0 fully saturated rings. The van der Waals surface area contributed by atoms with Gasteiger partial charge in [0.25, 0.3) is 5.91 Å². The first kappa shape index (κ1) is 13.5. The van der Waals surface area contributed by atoms with Gasteiger partial charge in [-0.1, -0.05) is 0 Å². The Morgan fingerprint density at radius 3 is 2.84 bits per heavy atom. The van der Waals surface area contributed by atoms with E-state index in [2.05, 4.69) is 17.9 Å². The highest BCUT2D eigenvalue weighted by molar-refractivity contribution is 7.80. The average Bonchev–Trinajstić information content (AvgIpc) is 2.86. The van der Waals surface area contributed by atoms with Crippen LogP contribution in [0.4, 0.5) is 5.69 Å². The Labute approximate surface area is 120 Å². The lowest BCUT2D eigenvalue weighted by atomic mass is 10.2. The normalized spacial score (nSPS) is 9.74. The molecule has 0 spiro atoms. The monoisotopic (exact) mass is 290 g/mol. The van der Waals surface area contributed by atoms with E-state index in [4.69, 9.17) is 10.00 Å². The summed E-state index contributed by atoms with van der Waals surface area (Å²) in [4.78, 5) is 13.3. The number of rotatable bonds is 3. The van der Waals surface area contributed by atoms with Crippen LogP contribution in [0.25, 0.3) is 0 Å². The van der Waals surface area contributed by atoms with E-state index >= 15 is 0 Å². The number of amides is 1. The van der Waals surface area contributed by atoms with Crippen molar-refractivity contribution < 1.29 is 9.53 Å². The van der Waals surface area contributed by atoms with Crippen molar-refractivity contribution in [2.75, 3.05) is 12.4 Å². The zero-order chi connectivity index (χ0) is 13.8. The standard InChI is InChI=1S/C13H10N2O2S2/c1-17-11-4-8(6-14)2-3-10(11)15-13(16)12-5-9(18)7-19-12/h2-5,7,18H,1H3,(H,15,16). The summed E-state index contributed by atoms with van der Waals surface area (Å²) in [7, 11) is 1.49. The topological polar surface area (TPSA) is 62.1 Å². The second kappa shape index (κ2) is 5.78. The number of ether oxygens (including phenoxy) is 1. The summed E-state index contributed by atoms with van der Waals surface area (Å²) in [5, 5.41) is 13.3. The summed E-state index contributed by atoms with van der Waals surface area (Å²) in [5.74, 6) is 0.225. The molecule has 0 saturated carbocycles. The van der Waals surface area contributed by atoms with Gasteiger partial charge in [0.2, 0.25) is 0 Å². The minimum absolute atomic E-state index is 0.228. The predicted octanol–water partition coefficient (Wildman–Crippen LogP) is 3.17. The number of hydrogen-bond acceptors (Lipinski definition) is 5. The minimum atomic E-state index is -0.228. The van der Waals surface area contributed by atoms with Crippen LogP contribution in [0.1, 0.15) is 15.2 Å². The molecule has 1 heterocycles. The van der Waals surface area contributed by atoms with Gasteiger partial charge < -0.3 is 10.1 Å². The molecule has 0 aliphatic rings. The third-order valence-corrected chi connectivity index (χ3v) is 3.75. The van der Waals surface area contributed by atoms with Crippen LogP contribution < -0.4 is 10.1 Å². The molecule has 96 valence electrons. The molecule has 2 aromatic rings. The molecule has 1 aromatic heterocycles. The van der Waals surface area contributed by atoms with Crippen LogP contribution in [0.2, 0.25) is 0 Å². The van der Waals surface area contributed by atoms with Crippen molar-refractivity contribution in [1.82, 2.24) is 0 Å². The largest absolute Gasteiger partial charge is 0.495 e. The number of thiol groups is 1. The third kappa shape index (κ3) is 3.08. The van der Waals surface area contributed by atoms with Crippen molar-refractivity contribution in [2.24, 2.45) is 0 Å². The van der Waals surface area contributed by atoms with Gasteiger partial charge in [0.05, 0.1) is 29.3 Å². The van der Waals surface area contributed by atoms with Gasteiger partial charge in [-0.25, -0.2) is 0 Å². The molecule has 0 aliphatic carbocycles. The lowest BCUT2D eigenvalue weighted by Gasteiger charge is -2.09. The maximum Gasteiger partial charge on any atom is 0.265 e. The first-order valence-electron chi connectivity index (χ1n) is 5.31. The Morgan fingerprint density at radius 2 is 2.26 bits per heavy atom. The van der Waals surface area contributed by atoms with E-state index in [1.165, 1.54) is 18.4 Å². The van der Waals surface area contributed by atoms with Gasteiger partial charge in [0.1, 0.15) is 5.75 Å². The molecule has 1 N–H and O–H groups in total. The molecular weight excluding hydrogens is 280 g/mol. The number of nitriles is 1. The summed E-state index contributed by atoms with van der Waals surface area (Å²) in [6.07, 6.45) is 0. The SMILES string of the molecule is COc1cc(C#N)ccc1NC(=O)c1cc(S)cs1. The highest BCUT2D eigenvalue weighted by atomic mass is 32.1. The molecule has 0 bridgehead atoms. The molecule has 0 aliphatic heterocycles. The van der Waals surface area contributed by atoms with Crippen molar-refractivity contribution in [3.05, 3.63) is 40.1 Å². The predicted molar refractivity (Wildman–Crippen MR) is 77.2 cm³/mol. The second-order valence-corrected chi connectivity index (χ2v) is 5.08. The molecule has 0 saturated heterocycles. The number of benzene rings is 1. The maximum atomic E-state index is 12.0. The highest BCUT2D eigenvalue weighted by Crippen LogP contribution is 2.27. The molecule has 2 rings (SSSR count). The number of methoxy groups -OCH3 is 1. The Morgan fingerprint density at radius 1 is 1.47 bits per heavy atom. The quantitative estimate of drug-likeness (QED) is 0.853. The van der Waals surface area contributed by atoms with E-state index < -0.39 is 0 Å². The summed E-state index contributed by atoms with van der Waals surface area (Å²) in [6, 6.07) is 8.55. The Balaban J connectivity index is 2.24. The van der Waals surface area contributed by atoms with E-state index in [0.29, 0.717) is 21.9 Å². The van der Waals surface area contributed by atoms with E-state index in [-0.39, 0.29) is 5.91 Å². The van der Waals surface area contributed by atoms with Crippen LogP contribution in [0, 0.1) is 11.3 Å². The van der Waals surface area contributed by atoms with Crippen molar-refractivity contribution >= 4 is 35.6 Å². The van der Waals surface area contributed by atoms with Crippen molar-refractivity contribution in [1.29, 1.82) is 5.26 Å². The van der Waals surface area contributed by atoms with Crippen LogP contribution in [-0.2, 0) is 0 Å². The van der Waals surface area contributed by atoms with Gasteiger partial charge in [-0.3, -0.25) is 4.79 Å². The van der Waals surface area contributed by atoms with Gasteiger partial charge in [-0.15, -0.1) is 24.0 Å². The first-order chi connectivity index (χ1) is 9.13. The van der Waals surface area contributed by atoms with Crippen LogP contribution >= 0.6 is 24.0 Å². The third-order valence-electron chi connectivity index (χ3n) is 2.39. The number of carbonyl (C=O) groups excluding carboxylic acids is 1. The molecule has 4 nitrogen and oxygen atoms in total. The van der Waals surface area contributed by atoms with Gasteiger partial charge in [0, 0.05) is 16.3 Å². The zero-order valence-electron chi connectivity index (χ0n) is 10.0. The van der Waals surface area contributed by atoms with E-state index in [9.17, 15) is 4.79 Å². The summed E-state index contributed by atoms with van der Waals surface area (Å²) < 4.78 is 5.15. The van der Waals surface area contributed by atoms with E-state index in [1.54, 1.807) is 29.6 Å². The van der Waals surface area contributed by atoms with Crippen LogP contribution in [0.5, 0.6) is 5.75 Å². The molecule has 0 radical (unpaired) electrons. The molecule has 1 amide bonds. The van der Waals surface area contributed by atoms with Gasteiger partial charge in [-0.2, -0.15) is 5.26 Å². The fraction of sp³-hybridized carbons (Fsp3) is 0.0769. The Hall–Kier alpha value is -1.97. The molecule has 1 aromatic carbocycles. The molecule has 0 atom stereocenters. The van der Waals surface area contributed by atoms with Crippen molar-refractivity contribution in [3.8, 4) is 11.8 Å². The number of anilines is 1. The Kier molecular flexibility index (Phi) is 4.10. The fourth-order valence-electron chi connectivity index (χ4n) is 1.49. The Bertz CT molecular complexity index is 659. The first-order valence-corrected chi connectivity index (χ1v) is 6.63. The molecule has 19 heavy (non-hydrogen) atoms. The van der Waals surface area contributed by atoms with Gasteiger partial charge in [-0.05, 0) is 18.2 Å². The molecular formula is C13H10N2O2S2. The van der Waals surface area contributed by atoms with Gasteiger partial charge in [0.15, 0.2) is 0 Å². The number of hydrogen-bond donors (Lipinski definition) is 2. The highest BCUT2D eigenvalue weighted by Gasteiger charge is 2.12. The maximum absolute atomic E-state index is 12.0. The number of nitrogens with zero attached hydrogens (tertiary/aromatic N) is 1. The van der Waals surface area contributed by atoms with Crippen LogP contribution in [0.15, 0.2) is 34.5 Å². The number of nitrogens with one attached hydrogen (secondary N) is 1. The summed E-state index contributed by atoms with van der Waals surface area (Å²) in [5.41, 5.74) is 1.00. The van der Waals surface area contributed by atoms with Crippen molar-refractivity contribution in [2.45, 2.75) is 4.90 Å². The van der Waals surface area contributed by atoms with E-state index in [1.807, 2.05) is 6.07 Å². The van der Waals surface area contributed by atoms with Gasteiger partial charge >= 0.3 is 0 Å². The summed E-state index contributed by atoms with van der Waals surface area (Å²) in [6.45, 7) is 0. The second-order valence-electron chi connectivity index (χ2n) is 3.65. The van der Waals surface area contributed by atoms with Crippen LogP contribution in [-0.4, -0.2) is 13.0 Å². The molecule has 6 heteroatoms. The van der Waals surface area contributed by atoms with E-state index in [0.717, 1.165) is 4.90 Å². The summed E-state index contributed by atoms with van der Waals surface area (Å²) >= 11 is 5.48. The number of thiophene rings is 1. The lowest BCUT2D eigenvalue weighted by molar-refractivity contribution is 0.103. The zero-order valence-corrected chi connectivity index (χ0v) is 11.7. The van der Waals surface area contributed by atoms with Crippen molar-refractivity contribution in [3.63, 3.8) is 0 Å². The smallest absolute Gasteiger partial charge is 0.265 e. The average molecular weight is 290 g/mol. The fourth-order valence-corrected chi connectivity index (χ4v) is 2.54. The van der Waals surface area contributed by atoms with Crippen LogP contribution in [0.3, 0.4) is 0 Å². The lowest BCUT2D eigenvalue weighted by Crippen LogP contribution is -2.11.